The molecule has 2 fully saturated rings. The molecule has 2 aliphatic carbocycles. The van der Waals surface area contributed by atoms with Gasteiger partial charge in [0.15, 0.2) is 0 Å². The number of carbonyl (C=O) groups excluding carboxylic acids is 3. The van der Waals surface area contributed by atoms with Gasteiger partial charge in [0.05, 0.1) is 19.0 Å². The Labute approximate surface area is 213 Å². The van der Waals surface area contributed by atoms with Gasteiger partial charge in [0, 0.05) is 18.8 Å². The van der Waals surface area contributed by atoms with Crippen LogP contribution < -0.4 is 0 Å². The molecule has 0 aromatic heterocycles. The predicted octanol–water partition coefficient (Wildman–Crippen LogP) is 7.13. The van der Waals surface area contributed by atoms with Crippen LogP contribution in [0, 0.1) is 17.3 Å². The topological polar surface area (TPSA) is 60.4 Å². The maximum atomic E-state index is 13.7. The minimum absolute atomic E-state index is 0.0636. The zero-order chi connectivity index (χ0) is 26.0. The number of ether oxygens (including phenoxy) is 1. The van der Waals surface area contributed by atoms with E-state index in [-0.39, 0.29) is 40.5 Å². The number of hydrogen-bond donors (Lipinski definition) is 0. The van der Waals surface area contributed by atoms with Crippen LogP contribution in [0.25, 0.3) is 0 Å². The van der Waals surface area contributed by atoms with Crippen molar-refractivity contribution in [3.8, 4) is 0 Å². The van der Waals surface area contributed by atoms with E-state index in [2.05, 4.69) is 64.7 Å². The van der Waals surface area contributed by atoms with Gasteiger partial charge in [0.25, 0.3) is 0 Å². The van der Waals surface area contributed by atoms with E-state index in [1.807, 2.05) is 6.07 Å². The van der Waals surface area contributed by atoms with Crippen molar-refractivity contribution in [2.24, 2.45) is 17.3 Å². The first-order chi connectivity index (χ1) is 16.3. The van der Waals surface area contributed by atoms with E-state index in [4.69, 9.17) is 4.74 Å². The third kappa shape index (κ3) is 6.15. The molecule has 0 spiro atoms. The Kier molecular flexibility index (Phi) is 8.51. The highest BCUT2D eigenvalue weighted by Crippen LogP contribution is 2.45. The average Bonchev–Trinajstić information content (AvgIpc) is 3.03. The van der Waals surface area contributed by atoms with Crippen molar-refractivity contribution in [2.45, 2.75) is 116 Å². The lowest BCUT2D eigenvalue weighted by molar-refractivity contribution is -0.156. The number of hydrogen-bond acceptors (Lipinski definition) is 4. The van der Waals surface area contributed by atoms with Crippen molar-refractivity contribution in [1.82, 2.24) is 0 Å². The van der Waals surface area contributed by atoms with Crippen molar-refractivity contribution in [2.75, 3.05) is 0 Å². The first-order valence-electron chi connectivity index (χ1n) is 13.6. The lowest BCUT2D eigenvalue weighted by Gasteiger charge is -2.44. The summed E-state index contributed by atoms with van der Waals surface area (Å²) in [4.78, 5) is 38.4. The molecule has 0 radical (unpaired) electrons. The van der Waals surface area contributed by atoms with Crippen LogP contribution in [-0.4, -0.2) is 31.7 Å². The molecule has 0 saturated heterocycles. The second kappa shape index (κ2) is 10.7. The summed E-state index contributed by atoms with van der Waals surface area (Å²) in [6.07, 6.45) is 5.72. The van der Waals surface area contributed by atoms with Gasteiger partial charge >= 0.3 is 5.97 Å². The minimum atomic E-state index is -1.86. The van der Waals surface area contributed by atoms with Crippen molar-refractivity contribution in [1.29, 1.82) is 0 Å². The van der Waals surface area contributed by atoms with Crippen LogP contribution in [0.4, 0.5) is 0 Å². The monoisotopic (exact) mass is 498 g/mol. The van der Waals surface area contributed by atoms with Crippen LogP contribution in [-0.2, 0) is 24.5 Å². The maximum Gasteiger partial charge on any atom is 0.306 e. The summed E-state index contributed by atoms with van der Waals surface area (Å²) >= 11 is 0. The van der Waals surface area contributed by atoms with E-state index in [9.17, 15) is 14.4 Å². The number of Topliss-reactive ketones (excluding diaryl/α,β-unsaturated/α-hetero) is 2. The summed E-state index contributed by atoms with van der Waals surface area (Å²) in [6.45, 7) is 15.3. The zero-order valence-corrected chi connectivity index (χ0v) is 24.0. The third-order valence-corrected chi connectivity index (χ3v) is 11.7. The molecule has 0 aliphatic heterocycles. The number of esters is 1. The zero-order valence-electron chi connectivity index (χ0n) is 23.0. The molecule has 0 amide bonds. The van der Waals surface area contributed by atoms with Crippen LogP contribution in [0.3, 0.4) is 0 Å². The molecule has 1 aromatic rings. The lowest BCUT2D eigenvalue weighted by atomic mass is 9.64. The fourth-order valence-electron chi connectivity index (χ4n) is 6.37. The first kappa shape index (κ1) is 27.8. The third-order valence-electron chi connectivity index (χ3n) is 9.08. The highest BCUT2D eigenvalue weighted by molar-refractivity contribution is 6.80. The molecule has 1 aromatic carbocycles. The van der Waals surface area contributed by atoms with Gasteiger partial charge in [0.2, 0.25) is 0 Å². The Bertz CT molecular complexity index is 898. The number of carbonyl (C=O) groups is 3. The molecule has 4 nitrogen and oxygen atoms in total. The smallest absolute Gasteiger partial charge is 0.306 e. The summed E-state index contributed by atoms with van der Waals surface area (Å²) in [5.41, 5.74) is 0.230. The molecule has 194 valence electrons. The molecule has 5 heteroatoms. The molecule has 35 heavy (non-hydrogen) atoms. The van der Waals surface area contributed by atoms with E-state index in [0.29, 0.717) is 38.0 Å². The van der Waals surface area contributed by atoms with E-state index in [0.717, 1.165) is 19.3 Å². The highest BCUT2D eigenvalue weighted by Gasteiger charge is 2.46. The van der Waals surface area contributed by atoms with Gasteiger partial charge in [-0.15, -0.1) is 0 Å². The Morgan fingerprint density at radius 3 is 2.26 bits per heavy atom. The normalized spacial score (nSPS) is 26.0. The fraction of sp³-hybridized carbons (Fsp3) is 0.700. The molecule has 0 bridgehead atoms. The molecule has 0 N–H and O–H groups in total. The molecule has 0 heterocycles. The Morgan fingerprint density at radius 2 is 1.69 bits per heavy atom. The summed E-state index contributed by atoms with van der Waals surface area (Å²) < 4.78 is 6.42. The highest BCUT2D eigenvalue weighted by atomic mass is 28.3. The fourth-order valence-corrected chi connectivity index (χ4v) is 8.22. The quantitative estimate of drug-likeness (QED) is 0.206. The van der Waals surface area contributed by atoms with Gasteiger partial charge in [-0.1, -0.05) is 83.6 Å². The van der Waals surface area contributed by atoms with E-state index in [1.165, 1.54) is 5.56 Å². The van der Waals surface area contributed by atoms with Crippen LogP contribution in [0.5, 0.6) is 0 Å². The van der Waals surface area contributed by atoms with Gasteiger partial charge < -0.3 is 4.74 Å². The SMILES string of the molecule is C[C@@H]1CC[C@@H](C(C)(C)c2ccccc2)[C@H](OC(=O)C(CCCC2(C)C(=O)CCC2=O)[Si](C)(C)C)C1. The molecule has 1 unspecified atom stereocenters. The Hall–Kier alpha value is -1.75. The molecule has 3 rings (SSSR count). The van der Waals surface area contributed by atoms with Crippen molar-refractivity contribution < 1.29 is 19.1 Å². The average molecular weight is 499 g/mol. The summed E-state index contributed by atoms with van der Waals surface area (Å²) in [6, 6.07) is 10.6. The number of ketones is 2. The molecule has 4 atom stereocenters. The molecular formula is C30H46O4Si. The second-order valence-electron chi connectivity index (χ2n) is 13.1. The van der Waals surface area contributed by atoms with Crippen molar-refractivity contribution in [3.63, 3.8) is 0 Å². The summed E-state index contributed by atoms with van der Waals surface area (Å²) in [5.74, 6) is 0.889. The number of benzene rings is 1. The van der Waals surface area contributed by atoms with Crippen LogP contribution in [0.15, 0.2) is 30.3 Å². The van der Waals surface area contributed by atoms with Gasteiger partial charge in [-0.3, -0.25) is 14.4 Å². The summed E-state index contributed by atoms with van der Waals surface area (Å²) in [7, 11) is -1.86. The van der Waals surface area contributed by atoms with Crippen molar-refractivity contribution in [3.05, 3.63) is 35.9 Å². The second-order valence-corrected chi connectivity index (χ2v) is 18.5. The van der Waals surface area contributed by atoms with Gasteiger partial charge in [-0.2, -0.15) is 0 Å². The first-order valence-corrected chi connectivity index (χ1v) is 17.2. The van der Waals surface area contributed by atoms with Gasteiger partial charge in [0.1, 0.15) is 17.7 Å². The van der Waals surface area contributed by atoms with E-state index < -0.39 is 13.5 Å². The largest absolute Gasteiger partial charge is 0.462 e. The summed E-state index contributed by atoms with van der Waals surface area (Å²) in [5, 5.41) is 0. The van der Waals surface area contributed by atoms with Crippen molar-refractivity contribution >= 4 is 25.6 Å². The Balaban J connectivity index is 1.73. The standard InChI is InChI=1S/C30H46O4Si/c1-21-15-16-23(29(2,3)22-12-9-8-10-13-22)24(20-21)34-28(33)25(35(5,6)7)14-11-19-30(4)26(31)17-18-27(30)32/h8-10,12-13,21,23-25H,11,14-20H2,1-7H3/t21-,23-,24-,25?/m1/s1. The maximum absolute atomic E-state index is 13.7. The van der Waals surface area contributed by atoms with Gasteiger partial charge in [-0.05, 0) is 49.5 Å². The molecular weight excluding hydrogens is 452 g/mol. The lowest BCUT2D eigenvalue weighted by Crippen LogP contribution is -2.45. The van der Waals surface area contributed by atoms with E-state index >= 15 is 0 Å². The minimum Gasteiger partial charge on any atom is -0.462 e. The Morgan fingerprint density at radius 1 is 1.09 bits per heavy atom. The van der Waals surface area contributed by atoms with Crippen LogP contribution in [0.1, 0.15) is 84.6 Å². The van der Waals surface area contributed by atoms with Crippen LogP contribution in [0.2, 0.25) is 25.2 Å². The predicted molar refractivity (Wildman–Crippen MR) is 144 cm³/mol. The van der Waals surface area contributed by atoms with Gasteiger partial charge in [-0.25, -0.2) is 0 Å². The van der Waals surface area contributed by atoms with E-state index in [1.54, 1.807) is 6.92 Å². The molecule has 2 saturated carbocycles. The molecule has 2 aliphatic rings. The van der Waals surface area contributed by atoms with Crippen LogP contribution >= 0.6 is 0 Å². The number of rotatable bonds is 9.